The van der Waals surface area contributed by atoms with E-state index in [1.165, 1.54) is 0 Å². The molecular formula is C12H22CuO14-2. The van der Waals surface area contributed by atoms with Gasteiger partial charge in [-0.15, -0.1) is 0 Å². The van der Waals surface area contributed by atoms with Crippen molar-refractivity contribution in [1.82, 2.24) is 0 Å². The van der Waals surface area contributed by atoms with Crippen LogP contribution in [0.25, 0.3) is 0 Å². The molecule has 0 aliphatic heterocycles. The van der Waals surface area contributed by atoms with Crippen molar-refractivity contribution >= 4 is 11.9 Å². The number of aliphatic hydroxyl groups excluding tert-OH is 10. The van der Waals surface area contributed by atoms with Gasteiger partial charge in [0.1, 0.15) is 48.8 Å². The van der Waals surface area contributed by atoms with Crippen molar-refractivity contribution in [3.63, 3.8) is 0 Å². The maximum Gasteiger partial charge on any atom is 0.122 e. The standard InChI is InChI=1S/2C6H12O7.Cu/c2*7-1-2(8)3(9)4(10)5(11)6(12)13;/h2*2-5,7-11H,1H2,(H,12,13);/p-2/t2*2-,3-,4+,5-;/m11./s1. The van der Waals surface area contributed by atoms with Gasteiger partial charge in [-0.2, -0.15) is 0 Å². The average Bonchev–Trinajstić information content (AvgIpc) is 2.62. The molecule has 0 fully saturated rings. The first-order valence-electron chi connectivity index (χ1n) is 6.91. The molecule has 0 aromatic rings. The predicted molar refractivity (Wildman–Crippen MR) is 72.2 cm³/mol. The molecule has 0 bridgehead atoms. The number of rotatable bonds is 10. The topological polar surface area (TPSA) is 283 Å². The average molecular weight is 454 g/mol. The Morgan fingerprint density at radius 2 is 0.815 bits per heavy atom. The van der Waals surface area contributed by atoms with Crippen LogP contribution >= 0.6 is 0 Å². The molecule has 0 aliphatic carbocycles. The van der Waals surface area contributed by atoms with E-state index in [1.807, 2.05) is 0 Å². The second-order valence-electron chi connectivity index (χ2n) is 4.99. The van der Waals surface area contributed by atoms with E-state index in [-0.39, 0.29) is 17.1 Å². The van der Waals surface area contributed by atoms with Gasteiger partial charge in [0.2, 0.25) is 0 Å². The molecule has 0 aromatic heterocycles. The summed E-state index contributed by atoms with van der Waals surface area (Å²) in [7, 11) is 0. The van der Waals surface area contributed by atoms with Crippen molar-refractivity contribution in [3.05, 3.63) is 0 Å². The van der Waals surface area contributed by atoms with Crippen LogP contribution < -0.4 is 10.2 Å². The van der Waals surface area contributed by atoms with E-state index in [9.17, 15) is 19.8 Å². The Morgan fingerprint density at radius 1 is 0.593 bits per heavy atom. The van der Waals surface area contributed by atoms with Crippen LogP contribution in [0.1, 0.15) is 0 Å². The number of carboxylic acids is 2. The molecule has 0 amide bonds. The predicted octanol–water partition coefficient (Wildman–Crippen LogP) is -9.66. The minimum Gasteiger partial charge on any atom is -0.547 e. The van der Waals surface area contributed by atoms with Crippen LogP contribution in [-0.4, -0.2) is 125 Å². The van der Waals surface area contributed by atoms with E-state index >= 15 is 0 Å². The third kappa shape index (κ3) is 10.8. The van der Waals surface area contributed by atoms with Gasteiger partial charge in [-0.05, 0) is 0 Å². The van der Waals surface area contributed by atoms with Crippen molar-refractivity contribution < 1.29 is 87.9 Å². The van der Waals surface area contributed by atoms with E-state index in [1.54, 1.807) is 0 Å². The third-order valence-corrected chi connectivity index (χ3v) is 2.99. The summed E-state index contributed by atoms with van der Waals surface area (Å²) >= 11 is 0. The quantitative estimate of drug-likeness (QED) is 0.137. The molecule has 14 nitrogen and oxygen atoms in total. The molecule has 167 valence electrons. The summed E-state index contributed by atoms with van der Waals surface area (Å²) in [5.74, 6) is -3.95. The number of carbonyl (C=O) groups excluding carboxylic acids is 2. The van der Waals surface area contributed by atoms with E-state index in [0.29, 0.717) is 0 Å². The summed E-state index contributed by atoms with van der Waals surface area (Å²) in [5, 5.41) is 107. The molecule has 0 aromatic carbocycles. The summed E-state index contributed by atoms with van der Waals surface area (Å²) in [6, 6.07) is 0. The van der Waals surface area contributed by atoms with Crippen molar-refractivity contribution in [2.75, 3.05) is 13.2 Å². The van der Waals surface area contributed by atoms with Gasteiger partial charge in [0.25, 0.3) is 0 Å². The minimum absolute atomic E-state index is 0. The first kappa shape index (κ1) is 30.8. The monoisotopic (exact) mass is 453 g/mol. The normalized spacial score (nSPS) is 19.6. The van der Waals surface area contributed by atoms with Gasteiger partial charge < -0.3 is 70.9 Å². The second kappa shape index (κ2) is 15.0. The molecule has 0 aliphatic rings. The Kier molecular flexibility index (Phi) is 17.1. The van der Waals surface area contributed by atoms with Gasteiger partial charge in [0, 0.05) is 17.1 Å². The van der Waals surface area contributed by atoms with Crippen LogP contribution in [0.4, 0.5) is 0 Å². The van der Waals surface area contributed by atoms with Crippen LogP contribution in [0.2, 0.25) is 0 Å². The maximum absolute atomic E-state index is 9.98. The summed E-state index contributed by atoms with van der Waals surface area (Å²) in [4.78, 5) is 20.0. The van der Waals surface area contributed by atoms with Gasteiger partial charge in [0.05, 0.1) is 25.2 Å². The zero-order valence-corrected chi connectivity index (χ0v) is 14.4. The molecule has 0 heterocycles. The summed E-state index contributed by atoms with van der Waals surface area (Å²) in [5.41, 5.74) is 0. The van der Waals surface area contributed by atoms with E-state index in [0.717, 1.165) is 0 Å². The van der Waals surface area contributed by atoms with Crippen LogP contribution in [0.5, 0.6) is 0 Å². The fourth-order valence-corrected chi connectivity index (χ4v) is 1.32. The molecule has 0 saturated heterocycles. The SMILES string of the molecule is O=C([O-])[C@H](O)[C@@H](O)[C@H](O)[C@H](O)CO.O=C([O-])[C@H](O)[C@@H](O)[C@H](O)[C@H](O)CO.[Cu]. The van der Waals surface area contributed by atoms with Crippen LogP contribution in [-0.2, 0) is 26.7 Å². The number of carboxylic acid groups (broad SMARTS) is 2. The first-order chi connectivity index (χ1) is 11.8. The van der Waals surface area contributed by atoms with Crippen molar-refractivity contribution in [1.29, 1.82) is 0 Å². The molecule has 15 heteroatoms. The van der Waals surface area contributed by atoms with E-state index < -0.39 is 74.0 Å². The molecule has 10 N–H and O–H groups in total. The smallest absolute Gasteiger partial charge is 0.122 e. The van der Waals surface area contributed by atoms with Crippen molar-refractivity contribution in [2.24, 2.45) is 0 Å². The van der Waals surface area contributed by atoms with Crippen LogP contribution in [0, 0.1) is 0 Å². The molecule has 0 spiro atoms. The van der Waals surface area contributed by atoms with Crippen LogP contribution in [0.15, 0.2) is 0 Å². The zero-order valence-electron chi connectivity index (χ0n) is 13.4. The van der Waals surface area contributed by atoms with Gasteiger partial charge >= 0.3 is 0 Å². The zero-order chi connectivity index (χ0) is 21.2. The summed E-state index contributed by atoms with van der Waals surface area (Å²) in [6.45, 7) is -1.73. The second-order valence-corrected chi connectivity index (χ2v) is 4.99. The van der Waals surface area contributed by atoms with E-state index in [4.69, 9.17) is 51.1 Å². The van der Waals surface area contributed by atoms with Crippen molar-refractivity contribution in [2.45, 2.75) is 48.8 Å². The van der Waals surface area contributed by atoms with Gasteiger partial charge in [-0.3, -0.25) is 0 Å². The Labute approximate surface area is 162 Å². The molecule has 0 rings (SSSR count). The Hall–Kier alpha value is -0.941. The fourth-order valence-electron chi connectivity index (χ4n) is 1.32. The summed E-state index contributed by atoms with van der Waals surface area (Å²) < 4.78 is 0. The third-order valence-electron chi connectivity index (χ3n) is 2.99. The molecule has 27 heavy (non-hydrogen) atoms. The minimum atomic E-state index is -2.31. The maximum atomic E-state index is 9.98. The number of aliphatic carboxylic acids is 2. The van der Waals surface area contributed by atoms with Gasteiger partial charge in [-0.1, -0.05) is 0 Å². The van der Waals surface area contributed by atoms with Crippen molar-refractivity contribution in [3.8, 4) is 0 Å². The Morgan fingerprint density at radius 3 is 0.963 bits per heavy atom. The largest absolute Gasteiger partial charge is 0.547 e. The number of hydrogen-bond donors (Lipinski definition) is 10. The van der Waals surface area contributed by atoms with E-state index in [2.05, 4.69) is 0 Å². The molecule has 0 saturated carbocycles. The van der Waals surface area contributed by atoms with Gasteiger partial charge in [0.15, 0.2) is 0 Å². The van der Waals surface area contributed by atoms with Gasteiger partial charge in [-0.25, -0.2) is 0 Å². The molecule has 8 atom stereocenters. The number of carbonyl (C=O) groups is 2. The van der Waals surface area contributed by atoms with Crippen LogP contribution in [0.3, 0.4) is 0 Å². The number of aliphatic hydroxyl groups is 10. The number of hydrogen-bond acceptors (Lipinski definition) is 14. The molecule has 1 radical (unpaired) electrons. The molecular weight excluding hydrogens is 432 g/mol. The fraction of sp³-hybridized carbons (Fsp3) is 0.833. The molecule has 0 unspecified atom stereocenters. The first-order valence-corrected chi connectivity index (χ1v) is 6.91. The summed E-state index contributed by atoms with van der Waals surface area (Å²) in [6.07, 6.45) is -16.2. The Balaban J connectivity index is -0.000000411. The Bertz CT molecular complexity index is 385.